The normalized spacial score (nSPS) is 16.4. The lowest BCUT2D eigenvalue weighted by Crippen LogP contribution is -2.29. The second-order valence-electron chi connectivity index (χ2n) is 9.80. The van der Waals surface area contributed by atoms with Gasteiger partial charge in [-0.05, 0) is 80.2 Å². The maximum Gasteiger partial charge on any atom is 0.335 e. The van der Waals surface area contributed by atoms with E-state index >= 15 is 0 Å². The van der Waals surface area contributed by atoms with E-state index in [2.05, 4.69) is 26.3 Å². The summed E-state index contributed by atoms with van der Waals surface area (Å²) in [5.74, 6) is -0.571. The lowest BCUT2D eigenvalue weighted by atomic mass is 9.96. The van der Waals surface area contributed by atoms with Crippen LogP contribution in [-0.2, 0) is 4.79 Å². The van der Waals surface area contributed by atoms with Crippen molar-refractivity contribution in [1.29, 1.82) is 0 Å². The number of hydrogen-bond donors (Lipinski definition) is 3. The number of aryl methyl sites for hydroxylation is 1. The van der Waals surface area contributed by atoms with Crippen LogP contribution in [0.2, 0.25) is 0 Å². The van der Waals surface area contributed by atoms with Crippen molar-refractivity contribution in [1.82, 2.24) is 14.9 Å². The largest absolute Gasteiger partial charge is 0.494 e. The van der Waals surface area contributed by atoms with Crippen LogP contribution >= 0.6 is 12.2 Å². The fourth-order valence-corrected chi connectivity index (χ4v) is 5.73. The highest BCUT2D eigenvalue weighted by atomic mass is 32.1. The second kappa shape index (κ2) is 11.4. The summed E-state index contributed by atoms with van der Waals surface area (Å²) >= 11 is 5.90. The van der Waals surface area contributed by atoms with Crippen LogP contribution in [0.25, 0.3) is 5.69 Å². The van der Waals surface area contributed by atoms with E-state index in [0.717, 1.165) is 34.0 Å². The van der Waals surface area contributed by atoms with Gasteiger partial charge in [-0.25, -0.2) is 4.79 Å². The molecule has 0 aliphatic carbocycles. The summed E-state index contributed by atoms with van der Waals surface area (Å²) in [4.78, 5) is 30.4. The standard InChI is InChI=1S/C31H31N5O4S/c1-5-27(37)33-24-13-12-22(17-26(24)40-4)36-29(28(34-31(36)41)25-11-6-7-14-32-25)23-15-18(2)35(19(23)3)21-10-8-9-20(16-21)30(38)39/h6-17,28-29H,5H2,1-4H3,(H,33,37)(H,34,41)(H,38,39)/t28-,29+/m1/s1. The van der Waals surface area contributed by atoms with E-state index in [1.54, 1.807) is 38.4 Å². The number of pyridine rings is 1. The predicted octanol–water partition coefficient (Wildman–Crippen LogP) is 5.72. The lowest BCUT2D eigenvalue weighted by Gasteiger charge is -2.29. The first-order valence-corrected chi connectivity index (χ1v) is 13.7. The van der Waals surface area contributed by atoms with Gasteiger partial charge in [-0.1, -0.05) is 19.1 Å². The second-order valence-corrected chi connectivity index (χ2v) is 10.2. The molecule has 0 radical (unpaired) electrons. The van der Waals surface area contributed by atoms with Gasteiger partial charge in [0.1, 0.15) is 5.75 Å². The molecule has 210 valence electrons. The molecule has 41 heavy (non-hydrogen) atoms. The predicted molar refractivity (Wildman–Crippen MR) is 162 cm³/mol. The molecule has 1 saturated heterocycles. The first kappa shape index (κ1) is 27.9. The average molecular weight is 570 g/mol. The van der Waals surface area contributed by atoms with Crippen molar-refractivity contribution < 1.29 is 19.4 Å². The van der Waals surface area contributed by atoms with E-state index < -0.39 is 5.97 Å². The van der Waals surface area contributed by atoms with Gasteiger partial charge in [0.15, 0.2) is 5.11 Å². The third kappa shape index (κ3) is 5.26. The highest BCUT2D eigenvalue weighted by Gasteiger charge is 2.42. The number of aromatic nitrogens is 2. The molecule has 2 aromatic carbocycles. The van der Waals surface area contributed by atoms with Crippen molar-refractivity contribution in [2.45, 2.75) is 39.3 Å². The molecule has 9 nitrogen and oxygen atoms in total. The number of nitrogens with zero attached hydrogens (tertiary/aromatic N) is 3. The number of nitrogens with one attached hydrogen (secondary N) is 2. The van der Waals surface area contributed by atoms with Crippen molar-refractivity contribution in [3.8, 4) is 11.4 Å². The molecule has 2 atom stereocenters. The molecular formula is C31H31N5O4S. The van der Waals surface area contributed by atoms with E-state index in [1.807, 2.05) is 61.2 Å². The van der Waals surface area contributed by atoms with Crippen LogP contribution in [0.3, 0.4) is 0 Å². The summed E-state index contributed by atoms with van der Waals surface area (Å²) in [5, 5.41) is 16.5. The van der Waals surface area contributed by atoms with Crippen molar-refractivity contribution >= 4 is 40.6 Å². The number of methoxy groups -OCH3 is 1. The molecule has 1 aliphatic heterocycles. The summed E-state index contributed by atoms with van der Waals surface area (Å²) in [6, 6.07) is 19.8. The number of benzene rings is 2. The number of carbonyl (C=O) groups is 2. The Morgan fingerprint density at radius 2 is 1.88 bits per heavy atom. The van der Waals surface area contributed by atoms with Gasteiger partial charge in [0.25, 0.3) is 0 Å². The number of rotatable bonds is 8. The van der Waals surface area contributed by atoms with Gasteiger partial charge in [0.2, 0.25) is 5.91 Å². The molecule has 3 N–H and O–H groups in total. The van der Waals surface area contributed by atoms with Crippen molar-refractivity contribution in [2.24, 2.45) is 0 Å². The van der Waals surface area contributed by atoms with Crippen LogP contribution in [-0.4, -0.2) is 38.8 Å². The zero-order chi connectivity index (χ0) is 29.3. The molecule has 5 rings (SSSR count). The Labute approximate surface area is 243 Å². The number of carbonyl (C=O) groups excluding carboxylic acids is 1. The summed E-state index contributed by atoms with van der Waals surface area (Å²) in [6.07, 6.45) is 2.11. The number of carboxylic acid groups (broad SMARTS) is 1. The van der Waals surface area contributed by atoms with Crippen molar-refractivity contribution in [3.63, 3.8) is 0 Å². The first-order chi connectivity index (χ1) is 19.7. The SMILES string of the molecule is CCC(=O)Nc1ccc(N2C(=S)N[C@H](c3ccccn3)[C@@H]2c2cc(C)n(-c3cccc(C(=O)O)c3)c2C)cc1OC. The van der Waals surface area contributed by atoms with E-state index in [1.165, 1.54) is 0 Å². The summed E-state index contributed by atoms with van der Waals surface area (Å²) in [6.45, 7) is 5.81. The van der Waals surface area contributed by atoms with Gasteiger partial charge in [-0.3, -0.25) is 9.78 Å². The lowest BCUT2D eigenvalue weighted by molar-refractivity contribution is -0.115. The number of hydrogen-bond acceptors (Lipinski definition) is 5. The highest BCUT2D eigenvalue weighted by Crippen LogP contribution is 2.45. The van der Waals surface area contributed by atoms with Crippen molar-refractivity contribution in [3.05, 3.63) is 101 Å². The summed E-state index contributed by atoms with van der Waals surface area (Å²) < 4.78 is 7.70. The Hall–Kier alpha value is -4.70. The Morgan fingerprint density at radius 1 is 1.07 bits per heavy atom. The molecule has 10 heteroatoms. The first-order valence-electron chi connectivity index (χ1n) is 13.2. The average Bonchev–Trinajstić information content (AvgIpc) is 3.48. The topological polar surface area (TPSA) is 109 Å². The fraction of sp³-hybridized carbons (Fsp3) is 0.226. The van der Waals surface area contributed by atoms with Gasteiger partial charge in [-0.2, -0.15) is 0 Å². The van der Waals surface area contributed by atoms with Gasteiger partial charge < -0.3 is 29.9 Å². The minimum Gasteiger partial charge on any atom is -0.494 e. The van der Waals surface area contributed by atoms with E-state index in [4.69, 9.17) is 17.0 Å². The molecule has 1 fully saturated rings. The Morgan fingerprint density at radius 3 is 2.56 bits per heavy atom. The molecule has 0 saturated carbocycles. The third-order valence-corrected chi connectivity index (χ3v) is 7.61. The molecular weight excluding hydrogens is 538 g/mol. The van der Waals surface area contributed by atoms with Crippen molar-refractivity contribution in [2.75, 3.05) is 17.3 Å². The van der Waals surface area contributed by atoms with Crippen LogP contribution in [0.5, 0.6) is 5.75 Å². The van der Waals surface area contributed by atoms with Crippen LogP contribution in [0, 0.1) is 13.8 Å². The number of carboxylic acids is 1. The van der Waals surface area contributed by atoms with Gasteiger partial charge >= 0.3 is 5.97 Å². The monoisotopic (exact) mass is 569 g/mol. The van der Waals surface area contributed by atoms with Gasteiger partial charge in [-0.15, -0.1) is 0 Å². The quantitative estimate of drug-likeness (QED) is 0.231. The van der Waals surface area contributed by atoms with Crippen LogP contribution in [0.15, 0.2) is 72.9 Å². The number of amides is 1. The number of thiocarbonyl (C=S) groups is 1. The summed E-state index contributed by atoms with van der Waals surface area (Å²) in [5.41, 5.74) is 6.09. The molecule has 0 bridgehead atoms. The molecule has 0 unspecified atom stereocenters. The molecule has 0 spiro atoms. The minimum absolute atomic E-state index is 0.109. The van der Waals surface area contributed by atoms with E-state index in [0.29, 0.717) is 23.0 Å². The molecule has 1 amide bonds. The van der Waals surface area contributed by atoms with Crippen LogP contribution < -0.4 is 20.3 Å². The molecule has 1 aliphatic rings. The minimum atomic E-state index is -0.978. The maximum atomic E-state index is 12.1. The Balaban J connectivity index is 1.65. The third-order valence-electron chi connectivity index (χ3n) is 7.30. The number of ether oxygens (including phenoxy) is 1. The fourth-order valence-electron chi connectivity index (χ4n) is 5.38. The maximum absolute atomic E-state index is 12.1. The van der Waals surface area contributed by atoms with Crippen LogP contribution in [0.4, 0.5) is 11.4 Å². The molecule has 3 heterocycles. The zero-order valence-electron chi connectivity index (χ0n) is 23.2. The number of aromatic carboxylic acids is 1. The van der Waals surface area contributed by atoms with Crippen LogP contribution in [0.1, 0.15) is 58.4 Å². The highest BCUT2D eigenvalue weighted by molar-refractivity contribution is 7.80. The van der Waals surface area contributed by atoms with E-state index in [9.17, 15) is 14.7 Å². The van der Waals surface area contributed by atoms with Gasteiger partial charge in [0, 0.05) is 41.4 Å². The smallest absolute Gasteiger partial charge is 0.335 e. The Kier molecular flexibility index (Phi) is 7.76. The Bertz CT molecular complexity index is 1630. The van der Waals surface area contributed by atoms with E-state index in [-0.39, 0.29) is 23.6 Å². The molecule has 2 aromatic heterocycles. The number of anilines is 2. The summed E-state index contributed by atoms with van der Waals surface area (Å²) in [7, 11) is 1.56. The zero-order valence-corrected chi connectivity index (χ0v) is 24.0. The van der Waals surface area contributed by atoms with Gasteiger partial charge in [0.05, 0.1) is 36.1 Å². The molecule has 4 aromatic rings.